The number of hydrogen-bond acceptors (Lipinski definition) is 4. The van der Waals surface area contributed by atoms with E-state index in [-0.39, 0.29) is 6.61 Å². The van der Waals surface area contributed by atoms with E-state index >= 15 is 0 Å². The molecule has 5 nitrogen and oxygen atoms in total. The molecule has 0 unspecified atom stereocenters. The fraction of sp³-hybridized carbons (Fsp3) is 0.300. The molecule has 1 aliphatic heterocycles. The van der Waals surface area contributed by atoms with Crippen molar-refractivity contribution in [3.63, 3.8) is 0 Å². The summed E-state index contributed by atoms with van der Waals surface area (Å²) in [4.78, 5) is 40.4. The van der Waals surface area contributed by atoms with Gasteiger partial charge in [-0.2, -0.15) is 0 Å². The fourth-order valence-electron chi connectivity index (χ4n) is 6.51. The number of carbonyl (C=O) groups is 3. The summed E-state index contributed by atoms with van der Waals surface area (Å²) in [7, 11) is 0. The quantitative estimate of drug-likeness (QED) is 0.186. The highest BCUT2D eigenvalue weighted by atomic mass is 35.5. The predicted octanol–water partition coefficient (Wildman–Crippen LogP) is 6.65. The van der Waals surface area contributed by atoms with E-state index in [0.29, 0.717) is 37.9 Å². The van der Waals surface area contributed by atoms with Crippen molar-refractivity contribution in [1.29, 1.82) is 0 Å². The number of likely N-dealkylation sites (tertiary alicyclic amines) is 1. The molecule has 9 heteroatoms. The molecule has 1 saturated heterocycles. The van der Waals surface area contributed by atoms with Crippen molar-refractivity contribution in [3.05, 3.63) is 105 Å². The van der Waals surface area contributed by atoms with Gasteiger partial charge in [-0.25, -0.2) is 4.79 Å². The number of nitrogens with zero attached hydrogens (tertiary/aromatic N) is 1. The van der Waals surface area contributed by atoms with E-state index in [1.807, 2.05) is 48.5 Å². The molecule has 7 rings (SSSR count). The van der Waals surface area contributed by atoms with Crippen LogP contribution in [0.2, 0.25) is 10.0 Å². The molecule has 1 heterocycles. The summed E-state index contributed by atoms with van der Waals surface area (Å²) in [5.74, 6) is -4.17. The summed E-state index contributed by atoms with van der Waals surface area (Å²) in [5, 5.41) is 0.707. The third-order valence-corrected chi connectivity index (χ3v) is 10.2. The monoisotopic (exact) mass is 601 g/mol. The molecule has 3 aliphatic carbocycles. The largest absolute Gasteiger partial charge is 0.459 e. The first-order valence-corrected chi connectivity index (χ1v) is 14.1. The van der Waals surface area contributed by atoms with E-state index in [1.165, 1.54) is 0 Å². The molecule has 39 heavy (non-hydrogen) atoms. The Morgan fingerprint density at radius 3 is 1.69 bits per heavy atom. The lowest BCUT2D eigenvalue weighted by Gasteiger charge is -2.54. The van der Waals surface area contributed by atoms with Crippen LogP contribution in [0, 0.1) is 17.8 Å². The number of alkyl halides is 2. The summed E-state index contributed by atoms with van der Waals surface area (Å²) in [6, 6.07) is 18.5. The van der Waals surface area contributed by atoms with E-state index in [9.17, 15) is 14.4 Å². The van der Waals surface area contributed by atoms with Crippen LogP contribution in [0.5, 0.6) is 0 Å². The number of carbonyl (C=O) groups excluding carboxylic acids is 3. The maximum Gasteiger partial charge on any atom is 0.329 e. The van der Waals surface area contributed by atoms with Crippen molar-refractivity contribution in [2.24, 2.45) is 17.8 Å². The average molecular weight is 603 g/mol. The molecular weight excluding hydrogens is 580 g/mol. The van der Waals surface area contributed by atoms with Crippen molar-refractivity contribution in [2.75, 3.05) is 0 Å². The Hall–Kier alpha value is -2.57. The van der Waals surface area contributed by atoms with Crippen LogP contribution < -0.4 is 0 Å². The zero-order valence-corrected chi connectivity index (χ0v) is 24.0. The Kier molecular flexibility index (Phi) is 6.31. The highest BCUT2D eigenvalue weighted by molar-refractivity contribution is 6.42. The van der Waals surface area contributed by atoms with Gasteiger partial charge < -0.3 is 4.74 Å². The summed E-state index contributed by atoms with van der Waals surface area (Å²) in [5.41, 5.74) is 3.43. The van der Waals surface area contributed by atoms with E-state index in [1.54, 1.807) is 32.0 Å². The smallest absolute Gasteiger partial charge is 0.329 e. The second-order valence-corrected chi connectivity index (χ2v) is 12.6. The van der Waals surface area contributed by atoms with Crippen LogP contribution >= 0.6 is 46.4 Å². The van der Waals surface area contributed by atoms with Gasteiger partial charge in [-0.15, -0.1) is 23.2 Å². The zero-order valence-electron chi connectivity index (χ0n) is 21.0. The van der Waals surface area contributed by atoms with Crippen molar-refractivity contribution in [2.45, 2.75) is 36.2 Å². The fourth-order valence-corrected chi connectivity index (χ4v) is 7.93. The number of ether oxygens (including phenoxy) is 1. The summed E-state index contributed by atoms with van der Waals surface area (Å²) >= 11 is 27.0. The lowest BCUT2D eigenvalue weighted by atomic mass is 9.54. The van der Waals surface area contributed by atoms with Gasteiger partial charge in [0.25, 0.3) is 0 Å². The van der Waals surface area contributed by atoms with E-state index in [4.69, 9.17) is 51.1 Å². The Morgan fingerprint density at radius 1 is 0.821 bits per heavy atom. The summed E-state index contributed by atoms with van der Waals surface area (Å²) < 4.78 is 5.60. The van der Waals surface area contributed by atoms with Crippen LogP contribution in [0.1, 0.15) is 41.7 Å². The van der Waals surface area contributed by atoms with E-state index in [2.05, 4.69) is 0 Å². The van der Waals surface area contributed by atoms with Crippen molar-refractivity contribution < 1.29 is 19.1 Å². The minimum atomic E-state index is -1.32. The molecule has 2 bridgehead atoms. The summed E-state index contributed by atoms with van der Waals surface area (Å²) in [6.07, 6.45) is 0. The lowest BCUT2D eigenvalue weighted by Crippen LogP contribution is -2.57. The third-order valence-electron chi connectivity index (χ3n) is 8.14. The first kappa shape index (κ1) is 26.6. The first-order chi connectivity index (χ1) is 18.5. The van der Waals surface area contributed by atoms with Gasteiger partial charge in [-0.1, -0.05) is 91.6 Å². The van der Waals surface area contributed by atoms with E-state index < -0.39 is 51.3 Å². The SMILES string of the molecule is CC(C)[C@@H](C(=O)OCc1ccc(Cl)c(Cl)c1)N1C(=O)[C@H]2[C@H](C1=O)C1(Cl)c3ccccc3C2(Cl)c2ccccc21. The predicted molar refractivity (Wildman–Crippen MR) is 150 cm³/mol. The summed E-state index contributed by atoms with van der Waals surface area (Å²) in [6.45, 7) is 3.43. The highest BCUT2D eigenvalue weighted by Crippen LogP contribution is 2.69. The molecule has 0 N–H and O–H groups in total. The molecule has 2 amide bonds. The van der Waals surface area contributed by atoms with Gasteiger partial charge >= 0.3 is 5.97 Å². The molecule has 3 atom stereocenters. The minimum Gasteiger partial charge on any atom is -0.459 e. The van der Waals surface area contributed by atoms with Gasteiger partial charge in [0.1, 0.15) is 22.4 Å². The maximum atomic E-state index is 14.2. The number of halogens is 4. The number of hydrogen-bond donors (Lipinski definition) is 0. The van der Waals surface area contributed by atoms with Crippen LogP contribution in [0.3, 0.4) is 0 Å². The average Bonchev–Trinajstić information content (AvgIpc) is 3.19. The van der Waals surface area contributed by atoms with Crippen molar-refractivity contribution in [1.82, 2.24) is 4.90 Å². The zero-order chi connectivity index (χ0) is 27.9. The number of esters is 1. The van der Waals surface area contributed by atoms with Crippen molar-refractivity contribution in [3.8, 4) is 0 Å². The third kappa shape index (κ3) is 3.56. The molecule has 0 aromatic heterocycles. The van der Waals surface area contributed by atoms with Gasteiger partial charge in [0.15, 0.2) is 0 Å². The van der Waals surface area contributed by atoms with Gasteiger partial charge in [-0.05, 0) is 45.9 Å². The molecule has 3 aromatic rings. The van der Waals surface area contributed by atoms with Crippen LogP contribution in [0.4, 0.5) is 0 Å². The second-order valence-electron chi connectivity index (χ2n) is 10.6. The normalized spacial score (nSPS) is 27.3. The maximum absolute atomic E-state index is 14.2. The van der Waals surface area contributed by atoms with Crippen LogP contribution in [0.25, 0.3) is 0 Å². The highest BCUT2D eigenvalue weighted by Gasteiger charge is 2.74. The van der Waals surface area contributed by atoms with Gasteiger partial charge in [0.05, 0.1) is 21.9 Å². The molecule has 1 fully saturated rings. The van der Waals surface area contributed by atoms with Crippen LogP contribution in [-0.4, -0.2) is 28.7 Å². The molecular formula is C30H23Cl4NO4. The number of amides is 2. The molecule has 0 radical (unpaired) electrons. The Labute approximate surface area is 245 Å². The van der Waals surface area contributed by atoms with Crippen LogP contribution in [-0.2, 0) is 35.5 Å². The molecule has 0 spiro atoms. The minimum absolute atomic E-state index is 0.0994. The Balaban J connectivity index is 1.41. The molecule has 3 aromatic carbocycles. The molecule has 200 valence electrons. The number of rotatable bonds is 5. The topological polar surface area (TPSA) is 63.7 Å². The van der Waals surface area contributed by atoms with Crippen molar-refractivity contribution >= 4 is 64.2 Å². The first-order valence-electron chi connectivity index (χ1n) is 12.6. The van der Waals surface area contributed by atoms with Crippen LogP contribution in [0.15, 0.2) is 66.7 Å². The van der Waals surface area contributed by atoms with Gasteiger partial charge in [0.2, 0.25) is 11.8 Å². The number of benzene rings is 3. The second kappa shape index (κ2) is 9.24. The standard InChI is InChI=1S/C30H23Cl4NO4/c1-15(2)25(28(38)39-14-16-11-12-21(31)22(32)13-16)35-26(36)23-24(27(35)37)30(34)18-8-4-3-7-17(18)29(23,33)19-9-5-6-10-20(19)30/h3-13,15,23-25H,14H2,1-2H3/t23-,24-,25+,29?,30?/m1/s1. The van der Waals surface area contributed by atoms with Gasteiger partial charge in [-0.3, -0.25) is 14.5 Å². The van der Waals surface area contributed by atoms with E-state index in [0.717, 1.165) is 4.90 Å². The molecule has 4 aliphatic rings. The number of imide groups is 1. The molecule has 0 saturated carbocycles. The lowest BCUT2D eigenvalue weighted by molar-refractivity contribution is -0.162. The Bertz CT molecular complexity index is 1430. The Morgan fingerprint density at radius 2 is 1.28 bits per heavy atom. The van der Waals surface area contributed by atoms with Gasteiger partial charge in [0, 0.05) is 0 Å².